The van der Waals surface area contributed by atoms with Crippen LogP contribution in [0.5, 0.6) is 0 Å². The molecule has 0 saturated heterocycles. The molecule has 4 nitrogen and oxygen atoms in total. The second kappa shape index (κ2) is 7.34. The molecule has 0 fully saturated rings. The lowest BCUT2D eigenvalue weighted by molar-refractivity contribution is -0.144. The van der Waals surface area contributed by atoms with E-state index in [0.717, 1.165) is 13.8 Å². The van der Waals surface area contributed by atoms with Crippen molar-refractivity contribution in [1.29, 1.82) is 0 Å². The smallest absolute Gasteiger partial charge is 0.306 e. The monoisotopic (exact) mass is 406 g/mol. The van der Waals surface area contributed by atoms with Gasteiger partial charge in [0.1, 0.15) is 0 Å². The Morgan fingerprint density at radius 1 is 0.857 bits per heavy atom. The number of nitrogens with one attached hydrogen (secondary N) is 1. The summed E-state index contributed by atoms with van der Waals surface area (Å²) in [6, 6.07) is 7.61. The summed E-state index contributed by atoms with van der Waals surface area (Å²) in [6.07, 6.45) is -10.1. The maximum absolute atomic E-state index is 13.0. The normalized spacial score (nSPS) is 12.6. The predicted molar refractivity (Wildman–Crippen MR) is 88.6 cm³/mol. The number of carbonyl (C=O) groups is 1. The number of rotatable bonds is 3. The Kier molecular flexibility index (Phi) is 5.65. The van der Waals surface area contributed by atoms with Gasteiger partial charge < -0.3 is 5.32 Å². The number of carbonyl (C=O) groups excluding carboxylic acids is 1. The van der Waals surface area contributed by atoms with Gasteiger partial charge in [0.15, 0.2) is 0 Å². The molecule has 0 heterocycles. The van der Waals surface area contributed by atoms with Crippen molar-refractivity contribution in [2.75, 3.05) is 5.32 Å². The van der Waals surface area contributed by atoms with Crippen molar-refractivity contribution in [1.82, 2.24) is 5.06 Å². The summed E-state index contributed by atoms with van der Waals surface area (Å²) in [5.74, 6) is 0. The molecular formula is C18H16F6N2O2. The molecule has 0 aromatic heterocycles. The van der Waals surface area contributed by atoms with Crippen molar-refractivity contribution in [2.45, 2.75) is 31.7 Å². The molecule has 2 rings (SSSR count). The fourth-order valence-electron chi connectivity index (χ4n) is 2.38. The van der Waals surface area contributed by atoms with Gasteiger partial charge in [-0.1, -0.05) is 18.2 Å². The number of halogens is 6. The maximum atomic E-state index is 13.0. The summed E-state index contributed by atoms with van der Waals surface area (Å²) >= 11 is 0. The van der Waals surface area contributed by atoms with E-state index in [9.17, 15) is 36.3 Å². The van der Waals surface area contributed by atoms with E-state index in [1.807, 2.05) is 0 Å². The molecule has 0 spiro atoms. The number of alkyl halides is 6. The summed E-state index contributed by atoms with van der Waals surface area (Å²) in [5.41, 5.74) is -5.24. The average molecular weight is 406 g/mol. The summed E-state index contributed by atoms with van der Waals surface area (Å²) in [7, 11) is 0. The molecule has 2 amide bonds. The van der Waals surface area contributed by atoms with Crippen LogP contribution in [0.2, 0.25) is 0 Å². The third kappa shape index (κ3) is 4.75. The molecule has 0 aliphatic heterocycles. The second-order valence-electron chi connectivity index (χ2n) is 6.46. The van der Waals surface area contributed by atoms with Gasteiger partial charge in [-0.3, -0.25) is 5.21 Å². The van der Waals surface area contributed by atoms with Crippen LogP contribution >= 0.6 is 0 Å². The highest BCUT2D eigenvalue weighted by Gasteiger charge is 2.40. The SMILES string of the molecule is CC(C)(c1cc(C(F)(F)F)cc(C(F)(F)F)c1)N(O)C(=O)Nc1ccccc1. The van der Waals surface area contributed by atoms with Crippen molar-refractivity contribution in [3.63, 3.8) is 0 Å². The van der Waals surface area contributed by atoms with Crippen molar-refractivity contribution < 1.29 is 36.3 Å². The lowest BCUT2D eigenvalue weighted by Gasteiger charge is -2.34. The van der Waals surface area contributed by atoms with Crippen LogP contribution in [0.15, 0.2) is 48.5 Å². The van der Waals surface area contributed by atoms with E-state index >= 15 is 0 Å². The van der Waals surface area contributed by atoms with Crippen LogP contribution < -0.4 is 5.32 Å². The lowest BCUT2D eigenvalue weighted by Crippen LogP contribution is -2.45. The molecule has 0 radical (unpaired) electrons. The van der Waals surface area contributed by atoms with E-state index < -0.39 is 40.6 Å². The highest BCUT2D eigenvalue weighted by Crippen LogP contribution is 2.39. The number of urea groups is 1. The van der Waals surface area contributed by atoms with Gasteiger partial charge in [0.2, 0.25) is 0 Å². The van der Waals surface area contributed by atoms with E-state index in [-0.39, 0.29) is 16.8 Å². The Morgan fingerprint density at radius 3 is 1.71 bits per heavy atom. The van der Waals surface area contributed by atoms with Crippen molar-refractivity contribution in [2.24, 2.45) is 0 Å². The summed E-state index contributed by atoms with van der Waals surface area (Å²) in [5, 5.41) is 12.6. The average Bonchev–Trinajstić information content (AvgIpc) is 2.60. The van der Waals surface area contributed by atoms with Crippen LogP contribution in [-0.4, -0.2) is 16.3 Å². The van der Waals surface area contributed by atoms with Crippen molar-refractivity contribution >= 4 is 11.7 Å². The minimum absolute atomic E-state index is 0.0225. The number of hydrogen-bond acceptors (Lipinski definition) is 2. The molecule has 10 heteroatoms. The predicted octanol–water partition coefficient (Wildman–Crippen LogP) is 5.88. The third-order valence-corrected chi connectivity index (χ3v) is 4.04. The van der Waals surface area contributed by atoms with Crippen LogP contribution in [0.25, 0.3) is 0 Å². The maximum Gasteiger partial charge on any atom is 0.416 e. The molecule has 2 aromatic carbocycles. The van der Waals surface area contributed by atoms with Gasteiger partial charge >= 0.3 is 18.4 Å². The number of nitrogens with zero attached hydrogens (tertiary/aromatic N) is 1. The molecule has 2 N–H and O–H groups in total. The van der Waals surface area contributed by atoms with Gasteiger partial charge in [0.05, 0.1) is 16.7 Å². The van der Waals surface area contributed by atoms with Gasteiger partial charge in [-0.25, -0.2) is 4.79 Å². The van der Waals surface area contributed by atoms with Gasteiger partial charge in [0, 0.05) is 5.69 Å². The minimum atomic E-state index is -5.04. The van der Waals surface area contributed by atoms with E-state index in [1.165, 1.54) is 12.1 Å². The number of hydrogen-bond donors (Lipinski definition) is 2. The first-order valence-corrected chi connectivity index (χ1v) is 7.88. The molecule has 0 saturated carbocycles. The van der Waals surface area contributed by atoms with Crippen LogP contribution in [0.4, 0.5) is 36.8 Å². The Balaban J connectivity index is 2.44. The fraction of sp³-hybridized carbons (Fsp3) is 0.278. The first-order chi connectivity index (χ1) is 12.7. The molecule has 0 aliphatic rings. The molecule has 0 atom stereocenters. The first kappa shape index (κ1) is 21.5. The number of benzene rings is 2. The standard InChI is InChI=1S/C18H16F6N2O2/c1-16(2,26(28)15(27)25-14-6-4-3-5-7-14)11-8-12(17(19,20)21)10-13(9-11)18(22,23)24/h3-10,28H,1-2H3,(H,25,27). The molecular weight excluding hydrogens is 390 g/mol. The number of hydroxylamine groups is 2. The molecule has 2 aromatic rings. The largest absolute Gasteiger partial charge is 0.416 e. The fourth-order valence-corrected chi connectivity index (χ4v) is 2.38. The highest BCUT2D eigenvalue weighted by molar-refractivity contribution is 5.89. The van der Waals surface area contributed by atoms with Gasteiger partial charge in [0.25, 0.3) is 0 Å². The Bertz CT molecular complexity index is 815. The van der Waals surface area contributed by atoms with Gasteiger partial charge in [-0.15, -0.1) is 0 Å². The van der Waals surface area contributed by atoms with E-state index in [4.69, 9.17) is 0 Å². The van der Waals surface area contributed by atoms with E-state index in [2.05, 4.69) is 5.32 Å². The Morgan fingerprint density at radius 2 is 1.29 bits per heavy atom. The second-order valence-corrected chi connectivity index (χ2v) is 6.46. The lowest BCUT2D eigenvalue weighted by atomic mass is 9.90. The number of amides is 2. The highest BCUT2D eigenvalue weighted by atomic mass is 19.4. The summed E-state index contributed by atoms with van der Waals surface area (Å²) < 4.78 is 78.3. The van der Waals surface area contributed by atoms with Crippen LogP contribution in [-0.2, 0) is 17.9 Å². The molecule has 152 valence electrons. The van der Waals surface area contributed by atoms with E-state index in [0.29, 0.717) is 12.1 Å². The number of anilines is 1. The molecule has 0 aliphatic carbocycles. The first-order valence-electron chi connectivity index (χ1n) is 7.88. The van der Waals surface area contributed by atoms with Crippen LogP contribution in [0.1, 0.15) is 30.5 Å². The van der Waals surface area contributed by atoms with Crippen molar-refractivity contribution in [3.05, 3.63) is 65.2 Å². The zero-order chi connectivity index (χ0) is 21.3. The molecule has 0 unspecified atom stereocenters. The van der Waals surface area contributed by atoms with Crippen LogP contribution in [0, 0.1) is 0 Å². The van der Waals surface area contributed by atoms with Crippen LogP contribution in [0.3, 0.4) is 0 Å². The Labute approximate surface area is 156 Å². The molecule has 28 heavy (non-hydrogen) atoms. The quantitative estimate of drug-likeness (QED) is 0.380. The van der Waals surface area contributed by atoms with E-state index in [1.54, 1.807) is 18.2 Å². The summed E-state index contributed by atoms with van der Waals surface area (Å²) in [6.45, 7) is 2.24. The third-order valence-electron chi connectivity index (χ3n) is 4.04. The van der Waals surface area contributed by atoms with Gasteiger partial charge in [-0.2, -0.15) is 31.4 Å². The number of para-hydroxylation sites is 1. The Hall–Kier alpha value is -2.75. The zero-order valence-electron chi connectivity index (χ0n) is 14.7. The van der Waals surface area contributed by atoms with Crippen molar-refractivity contribution in [3.8, 4) is 0 Å². The zero-order valence-corrected chi connectivity index (χ0v) is 14.7. The summed E-state index contributed by atoms with van der Waals surface area (Å²) in [4.78, 5) is 12.2. The minimum Gasteiger partial charge on any atom is -0.306 e. The molecule has 0 bridgehead atoms. The van der Waals surface area contributed by atoms with Gasteiger partial charge in [-0.05, 0) is 49.7 Å². The topological polar surface area (TPSA) is 52.6 Å².